The maximum Gasteiger partial charge on any atom is 0.341 e. The van der Waals surface area contributed by atoms with Crippen molar-refractivity contribution in [3.05, 3.63) is 53.6 Å². The average Bonchev–Trinajstić information content (AvgIpc) is 2.70. The Bertz CT molecular complexity index is 820. The number of ether oxygens (including phenoxy) is 3. The summed E-state index contributed by atoms with van der Waals surface area (Å²) in [6, 6.07) is 12.4. The number of carbonyl (C=O) groups excluding carboxylic acids is 1. The van der Waals surface area contributed by atoms with Gasteiger partial charge in [-0.2, -0.15) is 0 Å². The molecule has 0 bridgehead atoms. The number of hydrogen-bond acceptors (Lipinski definition) is 5. The van der Waals surface area contributed by atoms with Crippen LogP contribution in [0.4, 0.5) is 0 Å². The molecule has 2 rings (SSSR count). The lowest BCUT2D eigenvalue weighted by Gasteiger charge is -2.19. The smallest absolute Gasteiger partial charge is 0.341 e. The lowest BCUT2D eigenvalue weighted by molar-refractivity contribution is -0.139. The van der Waals surface area contributed by atoms with Crippen LogP contribution in [0, 0.1) is 0 Å². The first-order chi connectivity index (χ1) is 13.5. The molecule has 2 aromatic carbocycles. The van der Waals surface area contributed by atoms with Crippen molar-refractivity contribution in [2.24, 2.45) is 0 Å². The molecule has 28 heavy (non-hydrogen) atoms. The predicted octanol–water partition coefficient (Wildman–Crippen LogP) is 2.87. The van der Waals surface area contributed by atoms with E-state index >= 15 is 0 Å². The van der Waals surface area contributed by atoms with Crippen LogP contribution in [0.3, 0.4) is 0 Å². The van der Waals surface area contributed by atoms with Crippen LogP contribution in [-0.2, 0) is 11.2 Å². The molecule has 0 aliphatic heterocycles. The third-order valence-corrected chi connectivity index (χ3v) is 4.10. The largest absolute Gasteiger partial charge is 0.496 e. The van der Waals surface area contributed by atoms with Crippen LogP contribution in [0.1, 0.15) is 22.8 Å². The van der Waals surface area contributed by atoms with Gasteiger partial charge in [0.15, 0.2) is 18.1 Å². The van der Waals surface area contributed by atoms with Gasteiger partial charge in [0.1, 0.15) is 5.75 Å². The van der Waals surface area contributed by atoms with E-state index in [4.69, 9.17) is 19.3 Å². The Balaban J connectivity index is 2.09. The highest BCUT2D eigenvalue weighted by atomic mass is 16.5. The molecule has 1 amide bonds. The SMILES string of the molecule is CCOc1cc(C(=O)N(C)CCc2ccccc2OC)ccc1OCC(=O)O. The van der Waals surface area contributed by atoms with E-state index in [2.05, 4.69) is 0 Å². The summed E-state index contributed by atoms with van der Waals surface area (Å²) in [6.45, 7) is 2.20. The summed E-state index contributed by atoms with van der Waals surface area (Å²) < 4.78 is 16.1. The molecule has 0 spiro atoms. The van der Waals surface area contributed by atoms with Gasteiger partial charge in [0, 0.05) is 19.2 Å². The molecule has 0 radical (unpaired) electrons. The van der Waals surface area contributed by atoms with Crippen LogP contribution < -0.4 is 14.2 Å². The first kappa shape index (κ1) is 21.1. The van der Waals surface area contributed by atoms with Gasteiger partial charge in [0.05, 0.1) is 13.7 Å². The van der Waals surface area contributed by atoms with E-state index < -0.39 is 12.6 Å². The van der Waals surface area contributed by atoms with Crippen molar-refractivity contribution in [2.75, 3.05) is 33.9 Å². The highest BCUT2D eigenvalue weighted by Crippen LogP contribution is 2.29. The highest BCUT2D eigenvalue weighted by molar-refractivity contribution is 5.94. The molecular weight excluding hydrogens is 362 g/mol. The minimum absolute atomic E-state index is 0.166. The summed E-state index contributed by atoms with van der Waals surface area (Å²) in [5.41, 5.74) is 1.46. The number of carboxylic acids is 1. The molecule has 0 saturated heterocycles. The number of hydrogen-bond donors (Lipinski definition) is 1. The van der Waals surface area contributed by atoms with Gasteiger partial charge >= 0.3 is 5.97 Å². The van der Waals surface area contributed by atoms with E-state index in [-0.39, 0.29) is 11.7 Å². The minimum atomic E-state index is -1.08. The molecule has 0 aromatic heterocycles. The first-order valence-electron chi connectivity index (χ1n) is 8.95. The van der Waals surface area contributed by atoms with Gasteiger partial charge in [0.2, 0.25) is 0 Å². The van der Waals surface area contributed by atoms with E-state index in [0.717, 1.165) is 11.3 Å². The number of benzene rings is 2. The van der Waals surface area contributed by atoms with Crippen LogP contribution in [-0.4, -0.2) is 55.8 Å². The van der Waals surface area contributed by atoms with Crippen LogP contribution in [0.5, 0.6) is 17.2 Å². The molecule has 2 aromatic rings. The monoisotopic (exact) mass is 387 g/mol. The van der Waals surface area contributed by atoms with Gasteiger partial charge < -0.3 is 24.2 Å². The normalized spacial score (nSPS) is 10.2. The van der Waals surface area contributed by atoms with Gasteiger partial charge in [-0.15, -0.1) is 0 Å². The van der Waals surface area contributed by atoms with E-state index in [0.29, 0.717) is 30.9 Å². The summed E-state index contributed by atoms with van der Waals surface area (Å²) in [7, 11) is 3.35. The molecule has 0 unspecified atom stereocenters. The van der Waals surface area contributed by atoms with Gasteiger partial charge in [-0.25, -0.2) is 4.79 Å². The fourth-order valence-corrected chi connectivity index (χ4v) is 2.69. The maximum absolute atomic E-state index is 12.8. The average molecular weight is 387 g/mol. The summed E-state index contributed by atoms with van der Waals surface area (Å²) in [4.78, 5) is 25.1. The third kappa shape index (κ3) is 5.64. The standard InChI is InChI=1S/C21H25NO6/c1-4-27-19-13-16(9-10-18(19)28-14-20(23)24)21(25)22(2)12-11-15-7-5-6-8-17(15)26-3/h5-10,13H,4,11-12,14H2,1-3H3,(H,23,24). The van der Waals surface area contributed by atoms with Crippen molar-refractivity contribution in [2.45, 2.75) is 13.3 Å². The van der Waals surface area contributed by atoms with Gasteiger partial charge in [-0.05, 0) is 43.2 Å². The number of likely N-dealkylation sites (N-methyl/N-ethyl adjacent to an activating group) is 1. The predicted molar refractivity (Wildman–Crippen MR) is 104 cm³/mol. The fraction of sp³-hybridized carbons (Fsp3) is 0.333. The number of methoxy groups -OCH3 is 1. The van der Waals surface area contributed by atoms with Crippen LogP contribution in [0.25, 0.3) is 0 Å². The van der Waals surface area contributed by atoms with Crippen LogP contribution in [0.2, 0.25) is 0 Å². The lowest BCUT2D eigenvalue weighted by atomic mass is 10.1. The molecule has 150 valence electrons. The highest BCUT2D eigenvalue weighted by Gasteiger charge is 2.16. The summed E-state index contributed by atoms with van der Waals surface area (Å²) in [5, 5.41) is 8.77. The second-order valence-corrected chi connectivity index (χ2v) is 6.07. The Morgan fingerprint density at radius 2 is 1.79 bits per heavy atom. The summed E-state index contributed by atoms with van der Waals surface area (Å²) >= 11 is 0. The van der Waals surface area contributed by atoms with E-state index in [1.165, 1.54) is 0 Å². The number of aliphatic carboxylic acids is 1. The molecule has 0 fully saturated rings. The second-order valence-electron chi connectivity index (χ2n) is 6.07. The van der Waals surface area contributed by atoms with Gasteiger partial charge in [-0.3, -0.25) is 4.79 Å². The molecule has 0 heterocycles. The zero-order valence-corrected chi connectivity index (χ0v) is 16.3. The van der Waals surface area contributed by atoms with E-state index in [9.17, 15) is 9.59 Å². The van der Waals surface area contributed by atoms with Crippen molar-refractivity contribution >= 4 is 11.9 Å². The minimum Gasteiger partial charge on any atom is -0.496 e. The molecule has 0 aliphatic rings. The van der Waals surface area contributed by atoms with E-state index in [1.54, 1.807) is 44.2 Å². The first-order valence-corrected chi connectivity index (χ1v) is 8.95. The molecule has 7 heteroatoms. The second kappa shape index (κ2) is 10.2. The van der Waals surface area contributed by atoms with Crippen molar-refractivity contribution in [3.63, 3.8) is 0 Å². The van der Waals surface area contributed by atoms with Crippen molar-refractivity contribution < 1.29 is 28.9 Å². The Morgan fingerprint density at radius 3 is 2.46 bits per heavy atom. The number of carbonyl (C=O) groups is 2. The molecule has 0 aliphatic carbocycles. The molecule has 0 atom stereocenters. The Kier molecular flexibility index (Phi) is 7.68. The number of nitrogens with zero attached hydrogens (tertiary/aromatic N) is 1. The third-order valence-electron chi connectivity index (χ3n) is 4.10. The zero-order valence-electron chi connectivity index (χ0n) is 16.3. The topological polar surface area (TPSA) is 85.3 Å². The van der Waals surface area contributed by atoms with Crippen molar-refractivity contribution in [1.82, 2.24) is 4.90 Å². The van der Waals surface area contributed by atoms with Crippen molar-refractivity contribution in [1.29, 1.82) is 0 Å². The van der Waals surface area contributed by atoms with E-state index in [1.807, 2.05) is 24.3 Å². The summed E-state index contributed by atoms with van der Waals surface area (Å²) in [6.07, 6.45) is 0.657. The molecular formula is C21H25NO6. The Labute approximate surface area is 164 Å². The fourth-order valence-electron chi connectivity index (χ4n) is 2.69. The molecule has 1 N–H and O–H groups in total. The number of carboxylic acid groups (broad SMARTS) is 1. The Morgan fingerprint density at radius 1 is 1.04 bits per heavy atom. The maximum atomic E-state index is 12.8. The molecule has 7 nitrogen and oxygen atoms in total. The van der Waals surface area contributed by atoms with Gasteiger partial charge in [-0.1, -0.05) is 18.2 Å². The zero-order chi connectivity index (χ0) is 20.5. The Hall–Kier alpha value is -3.22. The quantitative estimate of drug-likeness (QED) is 0.675. The van der Waals surface area contributed by atoms with Gasteiger partial charge in [0.25, 0.3) is 5.91 Å². The van der Waals surface area contributed by atoms with Crippen LogP contribution >= 0.6 is 0 Å². The van der Waals surface area contributed by atoms with Crippen LogP contribution in [0.15, 0.2) is 42.5 Å². The molecule has 0 saturated carbocycles. The number of para-hydroxylation sites is 1. The summed E-state index contributed by atoms with van der Waals surface area (Å²) in [5.74, 6) is 0.173. The van der Waals surface area contributed by atoms with Crippen molar-refractivity contribution in [3.8, 4) is 17.2 Å². The number of rotatable bonds is 10. The lowest BCUT2D eigenvalue weighted by Crippen LogP contribution is -2.29. The number of amides is 1.